The highest BCUT2D eigenvalue weighted by Gasteiger charge is 2.22. The summed E-state index contributed by atoms with van der Waals surface area (Å²) in [7, 11) is 1.53. The molecular formula is C28H28FNO6. The molecule has 3 rings (SSSR count). The second kappa shape index (κ2) is 12.5. The van der Waals surface area contributed by atoms with E-state index in [2.05, 4.69) is 0 Å². The standard InChI is InChI=1S/C28H28FNO6/c1-4-34-24-14-13-20(16-25(24)35-5-2)27(32)22-11-6-7-12-23(22)28(33)36-18-26(31)30(3)17-19-9-8-10-21(29)15-19/h6-16H,4-5,17-18H2,1-3H3. The van der Waals surface area contributed by atoms with Gasteiger partial charge in [0.15, 0.2) is 23.9 Å². The topological polar surface area (TPSA) is 82.1 Å². The van der Waals surface area contributed by atoms with E-state index in [0.717, 1.165) is 0 Å². The summed E-state index contributed by atoms with van der Waals surface area (Å²) in [6.45, 7) is 4.14. The fourth-order valence-corrected chi connectivity index (χ4v) is 3.52. The Bertz CT molecular complexity index is 1240. The fourth-order valence-electron chi connectivity index (χ4n) is 3.52. The van der Waals surface area contributed by atoms with Gasteiger partial charge >= 0.3 is 5.97 Å². The molecule has 8 heteroatoms. The molecule has 0 spiro atoms. The minimum atomic E-state index is -0.803. The molecule has 3 aromatic carbocycles. The van der Waals surface area contributed by atoms with Crippen LogP contribution in [0.15, 0.2) is 66.7 Å². The molecule has 0 fully saturated rings. The lowest BCUT2D eigenvalue weighted by atomic mass is 9.98. The van der Waals surface area contributed by atoms with Crippen LogP contribution in [0.5, 0.6) is 11.5 Å². The van der Waals surface area contributed by atoms with Crippen LogP contribution < -0.4 is 9.47 Å². The van der Waals surface area contributed by atoms with E-state index in [9.17, 15) is 18.8 Å². The normalized spacial score (nSPS) is 10.4. The molecule has 0 heterocycles. The second-order valence-corrected chi connectivity index (χ2v) is 7.86. The van der Waals surface area contributed by atoms with Crippen molar-refractivity contribution < 1.29 is 33.0 Å². The van der Waals surface area contributed by atoms with Gasteiger partial charge in [0.2, 0.25) is 0 Å². The lowest BCUT2D eigenvalue weighted by Gasteiger charge is -2.17. The molecule has 36 heavy (non-hydrogen) atoms. The van der Waals surface area contributed by atoms with Gasteiger partial charge in [-0.3, -0.25) is 9.59 Å². The first-order valence-corrected chi connectivity index (χ1v) is 11.5. The summed E-state index contributed by atoms with van der Waals surface area (Å²) in [5.41, 5.74) is 1.09. The van der Waals surface area contributed by atoms with Crippen molar-refractivity contribution in [3.05, 3.63) is 94.8 Å². The zero-order valence-electron chi connectivity index (χ0n) is 20.5. The zero-order chi connectivity index (χ0) is 26.1. The van der Waals surface area contributed by atoms with Crippen LogP contribution in [0.1, 0.15) is 45.7 Å². The Morgan fingerprint density at radius 3 is 2.22 bits per heavy atom. The van der Waals surface area contributed by atoms with Gasteiger partial charge in [-0.05, 0) is 55.8 Å². The van der Waals surface area contributed by atoms with Crippen LogP contribution in [0.3, 0.4) is 0 Å². The number of hydrogen-bond donors (Lipinski definition) is 0. The Kier molecular flexibility index (Phi) is 9.16. The molecule has 0 N–H and O–H groups in total. The van der Waals surface area contributed by atoms with Crippen LogP contribution in [0.25, 0.3) is 0 Å². The van der Waals surface area contributed by atoms with Crippen molar-refractivity contribution >= 4 is 17.7 Å². The third kappa shape index (κ3) is 6.69. The Hall–Kier alpha value is -4.20. The van der Waals surface area contributed by atoms with E-state index in [4.69, 9.17) is 14.2 Å². The number of rotatable bonds is 11. The van der Waals surface area contributed by atoms with Crippen molar-refractivity contribution in [1.29, 1.82) is 0 Å². The van der Waals surface area contributed by atoms with Gasteiger partial charge in [-0.15, -0.1) is 0 Å². The largest absolute Gasteiger partial charge is 0.490 e. The zero-order valence-corrected chi connectivity index (χ0v) is 20.5. The summed E-state index contributed by atoms with van der Waals surface area (Å²) in [5, 5.41) is 0. The highest BCUT2D eigenvalue weighted by atomic mass is 19.1. The molecular weight excluding hydrogens is 465 g/mol. The van der Waals surface area contributed by atoms with E-state index >= 15 is 0 Å². The number of esters is 1. The Balaban J connectivity index is 1.72. The molecule has 1 amide bonds. The van der Waals surface area contributed by atoms with Gasteiger partial charge < -0.3 is 19.1 Å². The molecule has 0 radical (unpaired) electrons. The van der Waals surface area contributed by atoms with Gasteiger partial charge in [-0.2, -0.15) is 0 Å². The van der Waals surface area contributed by atoms with Crippen molar-refractivity contribution in [2.45, 2.75) is 20.4 Å². The number of carbonyl (C=O) groups excluding carboxylic acids is 3. The van der Waals surface area contributed by atoms with E-state index in [-0.39, 0.29) is 17.7 Å². The molecule has 0 aliphatic carbocycles. The van der Waals surface area contributed by atoms with Crippen LogP contribution in [-0.2, 0) is 16.1 Å². The van der Waals surface area contributed by atoms with E-state index in [1.165, 1.54) is 36.2 Å². The molecule has 0 saturated carbocycles. The fraction of sp³-hybridized carbons (Fsp3) is 0.250. The number of carbonyl (C=O) groups is 3. The first kappa shape index (κ1) is 26.4. The lowest BCUT2D eigenvalue weighted by molar-refractivity contribution is -0.133. The molecule has 0 saturated heterocycles. The van der Waals surface area contributed by atoms with E-state index in [1.807, 2.05) is 13.8 Å². The maximum absolute atomic E-state index is 13.4. The number of ketones is 1. The summed E-state index contributed by atoms with van der Waals surface area (Å²) in [6.07, 6.45) is 0. The van der Waals surface area contributed by atoms with Gasteiger partial charge in [0.05, 0.1) is 18.8 Å². The van der Waals surface area contributed by atoms with Gasteiger partial charge in [0, 0.05) is 24.7 Å². The number of halogens is 1. The molecule has 0 aromatic heterocycles. The summed E-state index contributed by atoms with van der Waals surface area (Å²) in [6, 6.07) is 16.9. The SMILES string of the molecule is CCOc1ccc(C(=O)c2ccccc2C(=O)OCC(=O)N(C)Cc2cccc(F)c2)cc1OCC. The van der Waals surface area contributed by atoms with E-state index in [1.54, 1.807) is 42.5 Å². The number of likely N-dealkylation sites (N-methyl/N-ethyl adjacent to an activating group) is 1. The average molecular weight is 494 g/mol. The summed E-state index contributed by atoms with van der Waals surface area (Å²) < 4.78 is 29.7. The third-order valence-corrected chi connectivity index (χ3v) is 5.26. The maximum Gasteiger partial charge on any atom is 0.339 e. The van der Waals surface area contributed by atoms with Crippen LogP contribution in [0, 0.1) is 5.82 Å². The number of amides is 1. The molecule has 0 unspecified atom stereocenters. The molecule has 0 aliphatic rings. The minimum absolute atomic E-state index is 0.0370. The highest BCUT2D eigenvalue weighted by Crippen LogP contribution is 2.30. The summed E-state index contributed by atoms with van der Waals surface area (Å²) in [5.74, 6) is -1.13. The van der Waals surface area contributed by atoms with Gasteiger partial charge in [-0.25, -0.2) is 9.18 Å². The van der Waals surface area contributed by atoms with Gasteiger partial charge in [-0.1, -0.05) is 30.3 Å². The molecule has 3 aromatic rings. The summed E-state index contributed by atoms with van der Waals surface area (Å²) in [4.78, 5) is 39.8. The minimum Gasteiger partial charge on any atom is -0.490 e. The Morgan fingerprint density at radius 2 is 1.53 bits per heavy atom. The van der Waals surface area contributed by atoms with E-state index in [0.29, 0.717) is 35.8 Å². The van der Waals surface area contributed by atoms with Crippen molar-refractivity contribution in [2.75, 3.05) is 26.9 Å². The molecule has 0 bridgehead atoms. The Labute approximate surface area is 209 Å². The number of benzene rings is 3. The average Bonchev–Trinajstić information content (AvgIpc) is 2.88. The number of hydrogen-bond acceptors (Lipinski definition) is 6. The van der Waals surface area contributed by atoms with Gasteiger partial charge in [0.1, 0.15) is 5.82 Å². The van der Waals surface area contributed by atoms with Crippen LogP contribution in [0.2, 0.25) is 0 Å². The van der Waals surface area contributed by atoms with Crippen molar-refractivity contribution in [3.63, 3.8) is 0 Å². The van der Waals surface area contributed by atoms with Crippen molar-refractivity contribution in [2.24, 2.45) is 0 Å². The summed E-state index contributed by atoms with van der Waals surface area (Å²) >= 11 is 0. The van der Waals surface area contributed by atoms with Crippen LogP contribution >= 0.6 is 0 Å². The van der Waals surface area contributed by atoms with Crippen molar-refractivity contribution in [1.82, 2.24) is 4.90 Å². The predicted molar refractivity (Wildman–Crippen MR) is 132 cm³/mol. The Morgan fingerprint density at radius 1 is 0.833 bits per heavy atom. The molecule has 0 aliphatic heterocycles. The highest BCUT2D eigenvalue weighted by molar-refractivity contribution is 6.14. The predicted octanol–water partition coefficient (Wildman–Crippen LogP) is 4.67. The molecule has 7 nitrogen and oxygen atoms in total. The lowest BCUT2D eigenvalue weighted by Crippen LogP contribution is -2.31. The first-order valence-electron chi connectivity index (χ1n) is 11.5. The van der Waals surface area contributed by atoms with Crippen molar-refractivity contribution in [3.8, 4) is 11.5 Å². The van der Waals surface area contributed by atoms with Gasteiger partial charge in [0.25, 0.3) is 5.91 Å². The number of nitrogens with zero attached hydrogens (tertiary/aromatic N) is 1. The second-order valence-electron chi connectivity index (χ2n) is 7.86. The van der Waals surface area contributed by atoms with Crippen LogP contribution in [0.4, 0.5) is 4.39 Å². The molecule has 0 atom stereocenters. The smallest absolute Gasteiger partial charge is 0.339 e. The third-order valence-electron chi connectivity index (χ3n) is 5.26. The number of ether oxygens (including phenoxy) is 3. The van der Waals surface area contributed by atoms with E-state index < -0.39 is 30.1 Å². The van der Waals surface area contributed by atoms with Crippen LogP contribution in [-0.4, -0.2) is 49.4 Å². The molecule has 188 valence electrons. The maximum atomic E-state index is 13.4. The monoisotopic (exact) mass is 493 g/mol. The first-order chi connectivity index (χ1) is 17.3. The quantitative estimate of drug-likeness (QED) is 0.285.